The molecule has 1 saturated heterocycles. The van der Waals surface area contributed by atoms with Gasteiger partial charge in [0.15, 0.2) is 9.84 Å². The van der Waals surface area contributed by atoms with Crippen molar-refractivity contribution in [1.29, 1.82) is 0 Å². The molecule has 1 fully saturated rings. The van der Waals surface area contributed by atoms with E-state index in [1.54, 1.807) is 0 Å². The second-order valence-electron chi connectivity index (χ2n) is 4.61. The molecule has 2 atom stereocenters. The highest BCUT2D eigenvalue weighted by Crippen LogP contribution is 2.17. The van der Waals surface area contributed by atoms with Gasteiger partial charge in [0.1, 0.15) is 6.04 Å². The number of amides is 2. The Labute approximate surface area is 115 Å². The zero-order valence-corrected chi connectivity index (χ0v) is 11.4. The molecule has 9 nitrogen and oxygen atoms in total. The molecule has 0 bridgehead atoms. The minimum Gasteiger partial charge on any atom is -0.481 e. The van der Waals surface area contributed by atoms with Crippen LogP contribution in [0.1, 0.15) is 12.8 Å². The van der Waals surface area contributed by atoms with Crippen LogP contribution in [0.2, 0.25) is 0 Å². The Morgan fingerprint density at radius 2 is 1.90 bits per heavy atom. The number of carboxylic acid groups (broad SMARTS) is 2. The first-order valence-corrected chi connectivity index (χ1v) is 7.71. The van der Waals surface area contributed by atoms with E-state index in [0.29, 0.717) is 6.42 Å². The second-order valence-corrected chi connectivity index (χ2v) is 6.84. The van der Waals surface area contributed by atoms with E-state index in [0.717, 1.165) is 0 Å². The van der Waals surface area contributed by atoms with Crippen LogP contribution in [0.5, 0.6) is 0 Å². The van der Waals surface area contributed by atoms with Crippen molar-refractivity contribution in [3.05, 3.63) is 0 Å². The van der Waals surface area contributed by atoms with Crippen LogP contribution in [0.3, 0.4) is 0 Å². The van der Waals surface area contributed by atoms with Crippen LogP contribution in [-0.2, 0) is 19.4 Å². The van der Waals surface area contributed by atoms with Gasteiger partial charge in [0.2, 0.25) is 0 Å². The van der Waals surface area contributed by atoms with E-state index in [9.17, 15) is 22.8 Å². The topological polar surface area (TPSA) is 150 Å². The van der Waals surface area contributed by atoms with Gasteiger partial charge >= 0.3 is 18.0 Å². The largest absolute Gasteiger partial charge is 0.481 e. The molecule has 1 heterocycles. The van der Waals surface area contributed by atoms with E-state index < -0.39 is 40.3 Å². The van der Waals surface area contributed by atoms with Crippen molar-refractivity contribution in [3.8, 4) is 0 Å². The quantitative estimate of drug-likeness (QED) is 0.473. The molecule has 0 aliphatic carbocycles. The molecule has 4 N–H and O–H groups in total. The summed E-state index contributed by atoms with van der Waals surface area (Å²) < 4.78 is 22.4. The van der Waals surface area contributed by atoms with Crippen molar-refractivity contribution in [1.82, 2.24) is 10.6 Å². The molecule has 114 valence electrons. The van der Waals surface area contributed by atoms with Crippen molar-refractivity contribution >= 4 is 27.8 Å². The maximum Gasteiger partial charge on any atom is 0.326 e. The fourth-order valence-corrected chi connectivity index (χ4v) is 3.72. The SMILES string of the molecule is O=C(O)CC(NC(=O)NCC1CCS(=O)(=O)C1)C(=O)O. The summed E-state index contributed by atoms with van der Waals surface area (Å²) in [5, 5.41) is 21.6. The van der Waals surface area contributed by atoms with Gasteiger partial charge in [0.25, 0.3) is 0 Å². The Bertz CT molecular complexity index is 502. The molecule has 1 rings (SSSR count). The van der Waals surface area contributed by atoms with Crippen LogP contribution < -0.4 is 10.6 Å². The lowest BCUT2D eigenvalue weighted by molar-refractivity contribution is -0.145. The van der Waals surface area contributed by atoms with E-state index in [2.05, 4.69) is 5.32 Å². The number of hydrogen-bond acceptors (Lipinski definition) is 5. The molecule has 0 spiro atoms. The Hall–Kier alpha value is -1.84. The standard InChI is InChI=1S/C10H16N2O7S/c13-8(14)3-7(9(15)16)12-10(17)11-4-6-1-2-20(18,19)5-6/h6-7H,1-5H2,(H,13,14)(H,15,16)(H2,11,12,17). The minimum absolute atomic E-state index is 0.00916. The number of hydrogen-bond donors (Lipinski definition) is 4. The highest BCUT2D eigenvalue weighted by Gasteiger charge is 2.28. The zero-order valence-electron chi connectivity index (χ0n) is 10.5. The van der Waals surface area contributed by atoms with Crippen LogP contribution in [0, 0.1) is 5.92 Å². The van der Waals surface area contributed by atoms with Gasteiger partial charge in [-0.2, -0.15) is 0 Å². The van der Waals surface area contributed by atoms with Crippen molar-refractivity contribution in [2.45, 2.75) is 18.9 Å². The first-order valence-electron chi connectivity index (χ1n) is 5.89. The van der Waals surface area contributed by atoms with Crippen molar-refractivity contribution in [2.75, 3.05) is 18.1 Å². The Kier molecular flexibility index (Phi) is 5.31. The van der Waals surface area contributed by atoms with Crippen molar-refractivity contribution < 1.29 is 33.0 Å². The fourth-order valence-electron chi connectivity index (χ4n) is 1.85. The normalized spacial score (nSPS) is 21.9. The first kappa shape index (κ1) is 16.2. The number of nitrogens with one attached hydrogen (secondary N) is 2. The maximum atomic E-state index is 11.4. The third kappa shape index (κ3) is 5.43. The predicted molar refractivity (Wildman–Crippen MR) is 67.0 cm³/mol. The van der Waals surface area contributed by atoms with Crippen molar-refractivity contribution in [3.63, 3.8) is 0 Å². The molecule has 0 aromatic heterocycles. The Balaban J connectivity index is 2.39. The summed E-state index contributed by atoms with van der Waals surface area (Å²) in [5.41, 5.74) is 0. The predicted octanol–water partition coefficient (Wildman–Crippen LogP) is -1.35. The zero-order chi connectivity index (χ0) is 15.3. The number of rotatable bonds is 6. The molecular weight excluding hydrogens is 292 g/mol. The number of carbonyl (C=O) groups is 3. The fraction of sp³-hybridized carbons (Fsp3) is 0.700. The van der Waals surface area contributed by atoms with Gasteiger partial charge in [-0.25, -0.2) is 18.0 Å². The molecule has 2 amide bonds. The van der Waals surface area contributed by atoms with Crippen LogP contribution in [-0.4, -0.2) is 60.7 Å². The van der Waals surface area contributed by atoms with Gasteiger partial charge in [0.05, 0.1) is 17.9 Å². The minimum atomic E-state index is -3.04. The highest BCUT2D eigenvalue weighted by molar-refractivity contribution is 7.91. The lowest BCUT2D eigenvalue weighted by atomic mass is 10.1. The summed E-state index contributed by atoms with van der Waals surface area (Å²) in [7, 11) is -3.04. The van der Waals surface area contributed by atoms with E-state index >= 15 is 0 Å². The van der Waals surface area contributed by atoms with Gasteiger partial charge in [-0.05, 0) is 12.3 Å². The van der Waals surface area contributed by atoms with Gasteiger partial charge in [-0.3, -0.25) is 4.79 Å². The van der Waals surface area contributed by atoms with Gasteiger partial charge in [0, 0.05) is 6.54 Å². The van der Waals surface area contributed by atoms with Crippen molar-refractivity contribution in [2.24, 2.45) is 5.92 Å². The van der Waals surface area contributed by atoms with E-state index in [1.807, 2.05) is 5.32 Å². The van der Waals surface area contributed by atoms with E-state index in [1.165, 1.54) is 0 Å². The monoisotopic (exact) mass is 308 g/mol. The van der Waals surface area contributed by atoms with Crippen LogP contribution >= 0.6 is 0 Å². The lowest BCUT2D eigenvalue weighted by Gasteiger charge is -2.14. The highest BCUT2D eigenvalue weighted by atomic mass is 32.2. The molecule has 1 aliphatic rings. The van der Waals surface area contributed by atoms with Gasteiger partial charge in [-0.1, -0.05) is 0 Å². The molecule has 0 radical (unpaired) electrons. The summed E-state index contributed by atoms with van der Waals surface area (Å²) in [4.78, 5) is 32.6. The Morgan fingerprint density at radius 3 is 2.35 bits per heavy atom. The second kappa shape index (κ2) is 6.55. The summed E-state index contributed by atoms with van der Waals surface area (Å²) in [6.07, 6.45) is -0.291. The van der Waals surface area contributed by atoms with E-state index in [4.69, 9.17) is 10.2 Å². The molecule has 0 saturated carbocycles. The molecule has 2 unspecified atom stereocenters. The molecule has 20 heavy (non-hydrogen) atoms. The van der Waals surface area contributed by atoms with Crippen LogP contribution in [0.25, 0.3) is 0 Å². The number of carboxylic acids is 2. The number of aliphatic carboxylic acids is 2. The number of carbonyl (C=O) groups excluding carboxylic acids is 1. The van der Waals surface area contributed by atoms with Gasteiger partial charge in [-0.15, -0.1) is 0 Å². The van der Waals surface area contributed by atoms with Crippen LogP contribution in [0.4, 0.5) is 4.79 Å². The number of sulfone groups is 1. The average molecular weight is 308 g/mol. The third-order valence-electron chi connectivity index (χ3n) is 2.86. The van der Waals surface area contributed by atoms with Crippen LogP contribution in [0.15, 0.2) is 0 Å². The average Bonchev–Trinajstić information content (AvgIpc) is 2.65. The summed E-state index contributed by atoms with van der Waals surface area (Å²) >= 11 is 0. The molecule has 10 heteroatoms. The first-order chi connectivity index (χ1) is 9.19. The lowest BCUT2D eigenvalue weighted by Crippen LogP contribution is -2.48. The molecule has 0 aromatic carbocycles. The van der Waals surface area contributed by atoms with Gasteiger partial charge < -0.3 is 20.8 Å². The molecule has 0 aromatic rings. The Morgan fingerprint density at radius 1 is 1.25 bits per heavy atom. The summed E-state index contributed by atoms with van der Waals surface area (Å²) in [6.45, 7) is 0.102. The van der Waals surface area contributed by atoms with E-state index in [-0.39, 0.29) is 24.0 Å². The summed E-state index contributed by atoms with van der Waals surface area (Å²) in [6, 6.07) is -2.36. The summed E-state index contributed by atoms with van der Waals surface area (Å²) in [5.74, 6) is -2.93. The molecule has 1 aliphatic heterocycles. The number of urea groups is 1. The smallest absolute Gasteiger partial charge is 0.326 e. The third-order valence-corrected chi connectivity index (χ3v) is 4.70. The molecular formula is C10H16N2O7S. The maximum absolute atomic E-state index is 11.4.